The second kappa shape index (κ2) is 6.21. The highest BCUT2D eigenvalue weighted by molar-refractivity contribution is 5.81. The van der Waals surface area contributed by atoms with E-state index in [9.17, 15) is 4.79 Å². The summed E-state index contributed by atoms with van der Waals surface area (Å²) in [7, 11) is 0. The van der Waals surface area contributed by atoms with Crippen LogP contribution in [0, 0.1) is 0 Å². The second-order valence-electron chi connectivity index (χ2n) is 4.93. The molecule has 3 N–H and O–H groups in total. The van der Waals surface area contributed by atoms with Crippen LogP contribution in [-0.2, 0) is 4.79 Å². The minimum absolute atomic E-state index is 0.00509. The zero-order valence-electron chi connectivity index (χ0n) is 10.7. The standard InChI is InChI=1S/C12H25N3O/c1-4-11(13)12(16)14-10-5-7-15(8-6-10)9(2)3/h9-11H,4-8,13H2,1-3H3,(H,14,16)/t11-/m0/s1. The van der Waals surface area contributed by atoms with E-state index in [0.29, 0.717) is 18.5 Å². The number of hydrogen-bond acceptors (Lipinski definition) is 3. The lowest BCUT2D eigenvalue weighted by Crippen LogP contribution is -2.50. The predicted molar refractivity (Wildman–Crippen MR) is 66.1 cm³/mol. The molecule has 0 aromatic carbocycles. The molecule has 1 saturated heterocycles. The number of hydrogen-bond donors (Lipinski definition) is 2. The fraction of sp³-hybridized carbons (Fsp3) is 0.917. The molecule has 4 heteroatoms. The molecule has 16 heavy (non-hydrogen) atoms. The Kier molecular flexibility index (Phi) is 5.22. The van der Waals surface area contributed by atoms with E-state index >= 15 is 0 Å². The summed E-state index contributed by atoms with van der Waals surface area (Å²) >= 11 is 0. The van der Waals surface area contributed by atoms with Gasteiger partial charge in [-0.15, -0.1) is 0 Å². The van der Waals surface area contributed by atoms with Gasteiger partial charge in [-0.25, -0.2) is 0 Å². The quantitative estimate of drug-likeness (QED) is 0.744. The van der Waals surface area contributed by atoms with Crippen LogP contribution in [0.4, 0.5) is 0 Å². The van der Waals surface area contributed by atoms with E-state index in [4.69, 9.17) is 5.73 Å². The van der Waals surface area contributed by atoms with Crippen LogP contribution in [0.25, 0.3) is 0 Å². The summed E-state index contributed by atoms with van der Waals surface area (Å²) < 4.78 is 0. The Hall–Kier alpha value is -0.610. The van der Waals surface area contributed by atoms with Gasteiger partial charge in [0.15, 0.2) is 0 Å². The van der Waals surface area contributed by atoms with Gasteiger partial charge < -0.3 is 16.0 Å². The van der Waals surface area contributed by atoms with Crippen molar-refractivity contribution in [3.8, 4) is 0 Å². The number of carbonyl (C=O) groups excluding carboxylic acids is 1. The molecule has 0 bridgehead atoms. The average Bonchev–Trinajstić information content (AvgIpc) is 2.28. The van der Waals surface area contributed by atoms with Crippen LogP contribution in [-0.4, -0.2) is 42.0 Å². The molecule has 1 aliphatic rings. The molecule has 1 heterocycles. The normalized spacial score (nSPS) is 21.1. The fourth-order valence-corrected chi connectivity index (χ4v) is 2.05. The summed E-state index contributed by atoms with van der Waals surface area (Å²) in [5.41, 5.74) is 5.69. The maximum Gasteiger partial charge on any atom is 0.237 e. The smallest absolute Gasteiger partial charge is 0.237 e. The van der Waals surface area contributed by atoms with Crippen LogP contribution in [0.1, 0.15) is 40.0 Å². The Morgan fingerprint density at radius 3 is 2.44 bits per heavy atom. The van der Waals surface area contributed by atoms with E-state index in [2.05, 4.69) is 24.1 Å². The summed E-state index contributed by atoms with van der Waals surface area (Å²) in [6.45, 7) is 8.51. The van der Waals surface area contributed by atoms with Crippen molar-refractivity contribution in [2.24, 2.45) is 5.73 Å². The highest BCUT2D eigenvalue weighted by atomic mass is 16.2. The first-order valence-electron chi connectivity index (χ1n) is 6.34. The van der Waals surface area contributed by atoms with E-state index in [-0.39, 0.29) is 11.9 Å². The Balaban J connectivity index is 2.29. The summed E-state index contributed by atoms with van der Waals surface area (Å²) in [6, 6.07) is 0.581. The first-order valence-corrected chi connectivity index (χ1v) is 6.34. The second-order valence-corrected chi connectivity index (χ2v) is 4.93. The molecular weight excluding hydrogens is 202 g/mol. The molecule has 1 aliphatic heterocycles. The van der Waals surface area contributed by atoms with Crippen molar-refractivity contribution in [2.75, 3.05) is 13.1 Å². The van der Waals surface area contributed by atoms with Crippen LogP contribution in [0.2, 0.25) is 0 Å². The minimum Gasteiger partial charge on any atom is -0.352 e. The molecule has 0 aromatic rings. The number of nitrogens with one attached hydrogen (secondary N) is 1. The summed E-state index contributed by atoms with van der Waals surface area (Å²) in [5.74, 6) is 0.00509. The lowest BCUT2D eigenvalue weighted by Gasteiger charge is -2.35. The molecule has 0 aliphatic carbocycles. The topological polar surface area (TPSA) is 58.4 Å². The molecule has 0 unspecified atom stereocenters. The SMILES string of the molecule is CC[C@H](N)C(=O)NC1CCN(C(C)C)CC1. The van der Waals surface area contributed by atoms with E-state index in [1.54, 1.807) is 0 Å². The van der Waals surface area contributed by atoms with Gasteiger partial charge in [-0.1, -0.05) is 6.92 Å². The van der Waals surface area contributed by atoms with Gasteiger partial charge in [0.1, 0.15) is 0 Å². The van der Waals surface area contributed by atoms with E-state index in [1.165, 1.54) is 0 Å². The Bertz CT molecular complexity index is 222. The lowest BCUT2D eigenvalue weighted by molar-refractivity contribution is -0.123. The number of rotatable bonds is 4. The Morgan fingerprint density at radius 2 is 2.00 bits per heavy atom. The Morgan fingerprint density at radius 1 is 1.44 bits per heavy atom. The predicted octanol–water partition coefficient (Wildman–Crippen LogP) is 0.713. The van der Waals surface area contributed by atoms with Gasteiger partial charge >= 0.3 is 0 Å². The number of carbonyl (C=O) groups is 1. The van der Waals surface area contributed by atoms with Crippen LogP contribution >= 0.6 is 0 Å². The van der Waals surface area contributed by atoms with Crippen molar-refractivity contribution in [1.29, 1.82) is 0 Å². The molecule has 1 amide bonds. The van der Waals surface area contributed by atoms with E-state index in [1.807, 2.05) is 6.92 Å². The Labute approximate surface area is 98.6 Å². The third-order valence-electron chi connectivity index (χ3n) is 3.38. The van der Waals surface area contributed by atoms with E-state index in [0.717, 1.165) is 25.9 Å². The van der Waals surface area contributed by atoms with Crippen LogP contribution in [0.5, 0.6) is 0 Å². The number of amides is 1. The van der Waals surface area contributed by atoms with Crippen molar-refractivity contribution in [1.82, 2.24) is 10.2 Å². The summed E-state index contributed by atoms with van der Waals surface area (Å²) in [4.78, 5) is 14.1. The van der Waals surface area contributed by atoms with Crippen LogP contribution < -0.4 is 11.1 Å². The van der Waals surface area contributed by atoms with Crippen molar-refractivity contribution in [3.05, 3.63) is 0 Å². The molecular formula is C12H25N3O. The minimum atomic E-state index is -0.344. The largest absolute Gasteiger partial charge is 0.352 e. The molecule has 1 atom stereocenters. The lowest BCUT2D eigenvalue weighted by atomic mass is 10.0. The zero-order chi connectivity index (χ0) is 12.1. The van der Waals surface area contributed by atoms with Crippen molar-refractivity contribution in [2.45, 2.75) is 58.2 Å². The van der Waals surface area contributed by atoms with Crippen LogP contribution in [0.3, 0.4) is 0 Å². The third kappa shape index (κ3) is 3.76. The van der Waals surface area contributed by atoms with Gasteiger partial charge in [0.2, 0.25) is 5.91 Å². The molecule has 0 radical (unpaired) electrons. The monoisotopic (exact) mass is 227 g/mol. The first-order chi connectivity index (χ1) is 7.54. The van der Waals surface area contributed by atoms with Gasteiger partial charge in [0.25, 0.3) is 0 Å². The number of piperidine rings is 1. The summed E-state index contributed by atoms with van der Waals surface area (Å²) in [5, 5.41) is 3.04. The van der Waals surface area contributed by atoms with Gasteiger partial charge in [0.05, 0.1) is 6.04 Å². The van der Waals surface area contributed by atoms with E-state index < -0.39 is 0 Å². The highest BCUT2D eigenvalue weighted by Gasteiger charge is 2.23. The fourth-order valence-electron chi connectivity index (χ4n) is 2.05. The van der Waals surface area contributed by atoms with Gasteiger partial charge in [-0.2, -0.15) is 0 Å². The maximum atomic E-state index is 11.6. The molecule has 1 rings (SSSR count). The number of nitrogens with two attached hydrogens (primary N) is 1. The zero-order valence-corrected chi connectivity index (χ0v) is 10.7. The van der Waals surface area contributed by atoms with Gasteiger partial charge in [0, 0.05) is 25.2 Å². The number of nitrogens with zero attached hydrogens (tertiary/aromatic N) is 1. The van der Waals surface area contributed by atoms with Crippen molar-refractivity contribution in [3.63, 3.8) is 0 Å². The average molecular weight is 227 g/mol. The molecule has 4 nitrogen and oxygen atoms in total. The first kappa shape index (κ1) is 13.5. The third-order valence-corrected chi connectivity index (χ3v) is 3.38. The van der Waals surface area contributed by atoms with Crippen LogP contribution in [0.15, 0.2) is 0 Å². The molecule has 1 fully saturated rings. The molecule has 0 spiro atoms. The molecule has 94 valence electrons. The molecule has 0 aromatic heterocycles. The van der Waals surface area contributed by atoms with Crippen molar-refractivity contribution >= 4 is 5.91 Å². The van der Waals surface area contributed by atoms with Gasteiger partial charge in [-0.3, -0.25) is 4.79 Å². The summed E-state index contributed by atoms with van der Waals surface area (Å²) in [6.07, 6.45) is 2.79. The van der Waals surface area contributed by atoms with Crippen molar-refractivity contribution < 1.29 is 4.79 Å². The number of likely N-dealkylation sites (tertiary alicyclic amines) is 1. The van der Waals surface area contributed by atoms with Gasteiger partial charge in [-0.05, 0) is 33.1 Å². The highest BCUT2D eigenvalue weighted by Crippen LogP contribution is 2.12. The molecule has 0 saturated carbocycles. The maximum absolute atomic E-state index is 11.6.